The van der Waals surface area contributed by atoms with Crippen molar-refractivity contribution in [2.24, 2.45) is 12.9 Å². The van der Waals surface area contributed by atoms with Crippen molar-refractivity contribution in [3.05, 3.63) is 5.82 Å². The first-order valence-electron chi connectivity index (χ1n) is 7.69. The second kappa shape index (κ2) is 5.75. The van der Waals surface area contributed by atoms with E-state index in [1.807, 2.05) is 0 Å². The second-order valence-electron chi connectivity index (χ2n) is 6.12. The zero-order valence-electron chi connectivity index (χ0n) is 12.3. The van der Waals surface area contributed by atoms with Crippen LogP contribution >= 0.6 is 0 Å². The molecule has 1 saturated carbocycles. The molecule has 1 atom stereocenters. The maximum atomic E-state index is 5.90. The smallest absolute Gasteiger partial charge is 0.176 e. The van der Waals surface area contributed by atoms with Crippen molar-refractivity contribution in [2.75, 3.05) is 13.1 Å². The predicted molar refractivity (Wildman–Crippen MR) is 75.6 cm³/mol. The van der Waals surface area contributed by atoms with Crippen molar-refractivity contribution in [1.29, 1.82) is 0 Å². The number of rotatable bonds is 5. The molecule has 7 nitrogen and oxygen atoms in total. The Morgan fingerprint density at radius 1 is 1.25 bits per heavy atom. The van der Waals surface area contributed by atoms with Crippen LogP contribution in [0, 0.1) is 0 Å². The highest BCUT2D eigenvalue weighted by molar-refractivity contribution is 5.06. The first-order valence-corrected chi connectivity index (χ1v) is 7.69. The van der Waals surface area contributed by atoms with Crippen LogP contribution in [0.15, 0.2) is 0 Å². The number of aromatic nitrogens is 4. The van der Waals surface area contributed by atoms with Gasteiger partial charge in [0.1, 0.15) is 0 Å². The summed E-state index contributed by atoms with van der Waals surface area (Å²) in [6.07, 6.45) is 8.40. The summed E-state index contributed by atoms with van der Waals surface area (Å²) in [5.41, 5.74) is 3.25. The van der Waals surface area contributed by atoms with Crippen LogP contribution in [0.5, 0.6) is 0 Å². The second-order valence-corrected chi connectivity index (χ2v) is 6.12. The average molecular weight is 279 g/mol. The third-order valence-corrected chi connectivity index (χ3v) is 4.99. The average Bonchev–Trinajstić information content (AvgIpc) is 3.17. The lowest BCUT2D eigenvalue weighted by Gasteiger charge is -2.44. The molecule has 0 radical (unpaired) electrons. The van der Waals surface area contributed by atoms with Gasteiger partial charge in [-0.1, -0.05) is 12.8 Å². The summed E-state index contributed by atoms with van der Waals surface area (Å²) in [5, 5.41) is 12.4. The SMILES string of the molecule is Cn1nnc(CC(NN)C2(N3CCCC3)CCCC2)n1. The van der Waals surface area contributed by atoms with Crippen LogP contribution in [0.2, 0.25) is 0 Å². The number of tetrazole rings is 1. The van der Waals surface area contributed by atoms with E-state index in [1.165, 1.54) is 56.4 Å². The molecule has 3 N–H and O–H groups in total. The molecule has 1 unspecified atom stereocenters. The van der Waals surface area contributed by atoms with Gasteiger partial charge in [-0.15, -0.1) is 10.2 Å². The maximum absolute atomic E-state index is 5.90. The molecule has 1 aromatic rings. The molecule has 1 aromatic heterocycles. The maximum Gasteiger partial charge on any atom is 0.176 e. The highest BCUT2D eigenvalue weighted by atomic mass is 15.6. The Kier molecular flexibility index (Phi) is 4.00. The molecule has 112 valence electrons. The van der Waals surface area contributed by atoms with Gasteiger partial charge in [0, 0.05) is 18.0 Å². The van der Waals surface area contributed by atoms with Gasteiger partial charge in [0.15, 0.2) is 5.82 Å². The van der Waals surface area contributed by atoms with Crippen molar-refractivity contribution in [3.8, 4) is 0 Å². The predicted octanol–water partition coefficient (Wildman–Crippen LogP) is -0.00690. The monoisotopic (exact) mass is 279 g/mol. The van der Waals surface area contributed by atoms with Gasteiger partial charge in [0.2, 0.25) is 0 Å². The summed E-state index contributed by atoms with van der Waals surface area (Å²) < 4.78 is 0. The molecule has 7 heteroatoms. The van der Waals surface area contributed by atoms with Crippen molar-refractivity contribution >= 4 is 0 Å². The molecule has 0 spiro atoms. The molecule has 2 fully saturated rings. The van der Waals surface area contributed by atoms with Crippen molar-refractivity contribution in [3.63, 3.8) is 0 Å². The fourth-order valence-corrected chi connectivity index (χ4v) is 4.03. The molecule has 0 bridgehead atoms. The first kappa shape index (κ1) is 13.9. The zero-order valence-corrected chi connectivity index (χ0v) is 12.3. The van der Waals surface area contributed by atoms with Crippen LogP contribution in [-0.4, -0.2) is 49.8 Å². The number of nitrogens with one attached hydrogen (secondary N) is 1. The molecular formula is C13H25N7. The van der Waals surface area contributed by atoms with E-state index in [0.717, 1.165) is 12.2 Å². The Hall–Kier alpha value is -1.05. The molecule has 1 aliphatic heterocycles. The van der Waals surface area contributed by atoms with E-state index in [9.17, 15) is 0 Å². The van der Waals surface area contributed by atoms with Crippen molar-refractivity contribution < 1.29 is 0 Å². The lowest BCUT2D eigenvalue weighted by atomic mass is 9.84. The number of nitrogens with zero attached hydrogens (tertiary/aromatic N) is 5. The van der Waals surface area contributed by atoms with E-state index in [1.54, 1.807) is 7.05 Å². The van der Waals surface area contributed by atoms with Crippen molar-refractivity contribution in [1.82, 2.24) is 30.5 Å². The topological polar surface area (TPSA) is 84.9 Å². The first-order chi connectivity index (χ1) is 9.74. The van der Waals surface area contributed by atoms with Gasteiger partial charge in [-0.25, -0.2) is 0 Å². The van der Waals surface area contributed by atoms with E-state index in [4.69, 9.17) is 5.84 Å². The fraction of sp³-hybridized carbons (Fsp3) is 0.923. The van der Waals surface area contributed by atoms with E-state index in [2.05, 4.69) is 25.7 Å². The number of aryl methyl sites for hydroxylation is 1. The summed E-state index contributed by atoms with van der Waals surface area (Å²) >= 11 is 0. The van der Waals surface area contributed by atoms with Gasteiger partial charge in [0.25, 0.3) is 0 Å². The molecule has 1 saturated heterocycles. The van der Waals surface area contributed by atoms with Crippen LogP contribution in [0.25, 0.3) is 0 Å². The standard InChI is InChI=1S/C13H25N7/c1-19-17-12(16-18-19)10-11(15-14)13(6-2-3-7-13)20-8-4-5-9-20/h11,15H,2-10,14H2,1H3. The summed E-state index contributed by atoms with van der Waals surface area (Å²) in [5.74, 6) is 6.68. The molecule has 1 aliphatic carbocycles. The molecule has 0 aromatic carbocycles. The van der Waals surface area contributed by atoms with Gasteiger partial charge >= 0.3 is 0 Å². The highest BCUT2D eigenvalue weighted by Crippen LogP contribution is 2.40. The summed E-state index contributed by atoms with van der Waals surface area (Å²) in [7, 11) is 1.80. The van der Waals surface area contributed by atoms with E-state index < -0.39 is 0 Å². The molecule has 0 amide bonds. The van der Waals surface area contributed by atoms with Crippen LogP contribution in [0.4, 0.5) is 0 Å². The number of hydrogen-bond acceptors (Lipinski definition) is 6. The number of hydrazine groups is 1. The van der Waals surface area contributed by atoms with Crippen LogP contribution in [-0.2, 0) is 13.5 Å². The minimum absolute atomic E-state index is 0.185. The van der Waals surface area contributed by atoms with Crippen LogP contribution in [0.3, 0.4) is 0 Å². The zero-order chi connectivity index (χ0) is 14.0. The van der Waals surface area contributed by atoms with Gasteiger partial charge in [-0.2, -0.15) is 4.80 Å². The van der Waals surface area contributed by atoms with E-state index >= 15 is 0 Å². The molecule has 20 heavy (non-hydrogen) atoms. The molecule has 2 aliphatic rings. The summed E-state index contributed by atoms with van der Waals surface area (Å²) in [6.45, 7) is 2.40. The Morgan fingerprint density at radius 3 is 2.50 bits per heavy atom. The van der Waals surface area contributed by atoms with Gasteiger partial charge in [-0.3, -0.25) is 16.2 Å². The van der Waals surface area contributed by atoms with E-state index in [0.29, 0.717) is 0 Å². The normalized spacial score (nSPS) is 24.3. The summed E-state index contributed by atoms with van der Waals surface area (Å²) in [4.78, 5) is 4.17. The molecule has 3 rings (SSSR count). The van der Waals surface area contributed by atoms with E-state index in [-0.39, 0.29) is 11.6 Å². The Morgan fingerprint density at radius 2 is 1.95 bits per heavy atom. The minimum atomic E-state index is 0.185. The van der Waals surface area contributed by atoms with Crippen molar-refractivity contribution in [2.45, 2.75) is 56.5 Å². The fourth-order valence-electron chi connectivity index (χ4n) is 4.03. The lowest BCUT2D eigenvalue weighted by Crippen LogP contribution is -2.61. The lowest BCUT2D eigenvalue weighted by molar-refractivity contribution is 0.0758. The third kappa shape index (κ3) is 2.45. The number of likely N-dealkylation sites (tertiary alicyclic amines) is 1. The van der Waals surface area contributed by atoms with Crippen LogP contribution < -0.4 is 11.3 Å². The third-order valence-electron chi connectivity index (χ3n) is 4.99. The van der Waals surface area contributed by atoms with Gasteiger partial charge in [0.05, 0.1) is 7.05 Å². The van der Waals surface area contributed by atoms with Gasteiger partial charge < -0.3 is 0 Å². The minimum Gasteiger partial charge on any atom is -0.296 e. The highest BCUT2D eigenvalue weighted by Gasteiger charge is 2.46. The molecule has 2 heterocycles. The number of nitrogens with two attached hydrogens (primary N) is 1. The quantitative estimate of drug-likeness (QED) is 0.583. The summed E-state index contributed by atoms with van der Waals surface area (Å²) in [6, 6.07) is 0.201. The number of hydrogen-bond donors (Lipinski definition) is 2. The molecular weight excluding hydrogens is 254 g/mol. The Labute approximate surface area is 119 Å². The van der Waals surface area contributed by atoms with Gasteiger partial charge in [-0.05, 0) is 44.0 Å². The van der Waals surface area contributed by atoms with Crippen LogP contribution in [0.1, 0.15) is 44.3 Å². The Bertz CT molecular complexity index is 432. The Balaban J connectivity index is 1.80. The largest absolute Gasteiger partial charge is 0.296 e.